The molecule has 1 heterocycles. The molecule has 0 aliphatic rings. The topological polar surface area (TPSA) is 37.9 Å². The predicted octanol–water partition coefficient (Wildman–Crippen LogP) is 4.97. The number of hydrogen-bond donors (Lipinski definition) is 0. The van der Waals surface area contributed by atoms with Gasteiger partial charge in [-0.1, -0.05) is 36.4 Å². The summed E-state index contributed by atoms with van der Waals surface area (Å²) < 4.78 is 7.84. The van der Waals surface area contributed by atoms with Gasteiger partial charge in [-0.3, -0.25) is 0 Å². The fraction of sp³-hybridized carbons (Fsp3) is 0.0952. The number of aryl methyl sites for hydroxylation is 1. The molecule has 1 aromatic heterocycles. The molecule has 3 aromatic carbocycles. The van der Waals surface area contributed by atoms with Gasteiger partial charge in [0.15, 0.2) is 0 Å². The summed E-state index contributed by atoms with van der Waals surface area (Å²) in [5, 5.41) is 11.6. The molecule has 116 valence electrons. The average Bonchev–Trinajstić information content (AvgIpc) is 2.95. The van der Waals surface area contributed by atoms with Gasteiger partial charge in [-0.15, -0.1) is 0 Å². The molecular formula is C21H16N2O. The molecule has 0 atom stereocenters. The first-order valence-corrected chi connectivity index (χ1v) is 7.82. The van der Waals surface area contributed by atoms with Gasteiger partial charge in [0.1, 0.15) is 5.75 Å². The highest BCUT2D eigenvalue weighted by Crippen LogP contribution is 2.37. The van der Waals surface area contributed by atoms with Crippen LogP contribution >= 0.6 is 0 Å². The van der Waals surface area contributed by atoms with E-state index >= 15 is 0 Å². The minimum absolute atomic E-state index is 0.605. The summed E-state index contributed by atoms with van der Waals surface area (Å²) in [4.78, 5) is 0. The monoisotopic (exact) mass is 312 g/mol. The number of nitriles is 1. The van der Waals surface area contributed by atoms with Crippen LogP contribution in [0.2, 0.25) is 0 Å². The Morgan fingerprint density at radius 1 is 0.917 bits per heavy atom. The Morgan fingerprint density at radius 3 is 2.04 bits per heavy atom. The molecule has 0 fully saturated rings. The van der Waals surface area contributed by atoms with Crippen molar-refractivity contribution in [1.29, 1.82) is 5.26 Å². The number of methoxy groups -OCH3 is 1. The van der Waals surface area contributed by atoms with Gasteiger partial charge in [-0.05, 0) is 30.7 Å². The van der Waals surface area contributed by atoms with Crippen molar-refractivity contribution in [2.45, 2.75) is 6.92 Å². The van der Waals surface area contributed by atoms with Gasteiger partial charge in [0.05, 0.1) is 35.5 Å². The quantitative estimate of drug-likeness (QED) is 0.524. The smallest absolute Gasteiger partial charge is 0.144 e. The van der Waals surface area contributed by atoms with E-state index in [1.807, 2.05) is 25.1 Å². The summed E-state index contributed by atoms with van der Waals surface area (Å²) in [6.07, 6.45) is 0. The largest absolute Gasteiger partial charge is 0.495 e. The molecule has 0 radical (unpaired) electrons. The Bertz CT molecular complexity index is 1060. The molecule has 0 unspecified atom stereocenters. The van der Waals surface area contributed by atoms with Gasteiger partial charge in [-0.25, -0.2) is 0 Å². The number of ether oxygens (including phenoxy) is 1. The van der Waals surface area contributed by atoms with Crippen molar-refractivity contribution in [2.24, 2.45) is 0 Å². The second-order valence-corrected chi connectivity index (χ2v) is 5.83. The average molecular weight is 312 g/mol. The molecule has 4 rings (SSSR count). The van der Waals surface area contributed by atoms with E-state index in [1.54, 1.807) is 13.2 Å². The first-order valence-electron chi connectivity index (χ1n) is 7.82. The molecule has 0 spiro atoms. The minimum Gasteiger partial charge on any atom is -0.495 e. The predicted molar refractivity (Wildman–Crippen MR) is 96.8 cm³/mol. The lowest BCUT2D eigenvalue weighted by Crippen LogP contribution is -2.01. The summed E-state index contributed by atoms with van der Waals surface area (Å²) in [7, 11) is 1.65. The number of hydrogen-bond acceptors (Lipinski definition) is 2. The third-order valence-corrected chi connectivity index (χ3v) is 4.42. The normalized spacial score (nSPS) is 10.9. The Balaban J connectivity index is 2.20. The molecule has 0 saturated heterocycles. The first kappa shape index (κ1) is 14.3. The van der Waals surface area contributed by atoms with Crippen LogP contribution in [0.25, 0.3) is 27.5 Å². The third kappa shape index (κ3) is 1.97. The highest BCUT2D eigenvalue weighted by Gasteiger charge is 2.17. The van der Waals surface area contributed by atoms with Crippen LogP contribution < -0.4 is 4.74 Å². The highest BCUT2D eigenvalue weighted by molar-refractivity contribution is 6.09. The van der Waals surface area contributed by atoms with Gasteiger partial charge >= 0.3 is 0 Å². The maximum absolute atomic E-state index is 9.23. The zero-order valence-corrected chi connectivity index (χ0v) is 13.6. The molecule has 3 heteroatoms. The van der Waals surface area contributed by atoms with Gasteiger partial charge in [0.2, 0.25) is 0 Å². The summed E-state index contributed by atoms with van der Waals surface area (Å²) in [5.41, 5.74) is 4.86. The minimum atomic E-state index is 0.605. The molecule has 0 amide bonds. The van der Waals surface area contributed by atoms with E-state index < -0.39 is 0 Å². The molecule has 0 aliphatic carbocycles. The SMILES string of the molecule is COc1cc(C#N)cc(C)c1-n1c2ccccc2c2ccccc21. The van der Waals surface area contributed by atoms with Crippen LogP contribution in [-0.4, -0.2) is 11.7 Å². The summed E-state index contributed by atoms with van der Waals surface area (Å²) in [5.74, 6) is 0.707. The van der Waals surface area contributed by atoms with Crippen molar-refractivity contribution in [1.82, 2.24) is 4.57 Å². The van der Waals surface area contributed by atoms with Crippen LogP contribution in [0.1, 0.15) is 11.1 Å². The lowest BCUT2D eigenvalue weighted by Gasteiger charge is -2.16. The maximum atomic E-state index is 9.23. The van der Waals surface area contributed by atoms with Crippen molar-refractivity contribution in [2.75, 3.05) is 7.11 Å². The first-order chi connectivity index (χ1) is 11.7. The van der Waals surface area contributed by atoms with Crippen molar-refractivity contribution >= 4 is 21.8 Å². The number of benzene rings is 3. The van der Waals surface area contributed by atoms with Crippen molar-refractivity contribution < 1.29 is 4.74 Å². The summed E-state index contributed by atoms with van der Waals surface area (Å²) >= 11 is 0. The van der Waals surface area contributed by atoms with Crippen LogP contribution in [0.4, 0.5) is 0 Å². The van der Waals surface area contributed by atoms with Gasteiger partial charge in [-0.2, -0.15) is 5.26 Å². The second kappa shape index (κ2) is 5.43. The van der Waals surface area contributed by atoms with E-state index in [-0.39, 0.29) is 0 Å². The van der Waals surface area contributed by atoms with Crippen molar-refractivity contribution in [3.05, 3.63) is 71.8 Å². The number of fused-ring (bicyclic) bond motifs is 3. The molecule has 0 N–H and O–H groups in total. The van der Waals surface area contributed by atoms with E-state index in [1.165, 1.54) is 10.8 Å². The second-order valence-electron chi connectivity index (χ2n) is 5.83. The number of para-hydroxylation sites is 2. The third-order valence-electron chi connectivity index (χ3n) is 4.42. The Kier molecular flexibility index (Phi) is 3.25. The van der Waals surface area contributed by atoms with E-state index in [9.17, 15) is 5.26 Å². The maximum Gasteiger partial charge on any atom is 0.144 e. The van der Waals surface area contributed by atoms with Crippen LogP contribution in [0.3, 0.4) is 0 Å². The zero-order chi connectivity index (χ0) is 16.7. The van der Waals surface area contributed by atoms with E-state index in [2.05, 4.69) is 47.0 Å². The zero-order valence-electron chi connectivity index (χ0n) is 13.6. The van der Waals surface area contributed by atoms with Crippen molar-refractivity contribution in [3.8, 4) is 17.5 Å². The number of aromatic nitrogens is 1. The van der Waals surface area contributed by atoms with E-state index in [0.717, 1.165) is 22.3 Å². The summed E-state index contributed by atoms with van der Waals surface area (Å²) in [6.45, 7) is 2.02. The fourth-order valence-electron chi connectivity index (χ4n) is 3.42. The molecule has 4 aromatic rings. The standard InChI is InChI=1S/C21H16N2O/c1-14-11-15(13-22)12-20(24-2)21(14)23-18-9-5-3-7-16(18)17-8-4-6-10-19(17)23/h3-12H,1-2H3. The molecular weight excluding hydrogens is 296 g/mol. The molecule has 24 heavy (non-hydrogen) atoms. The van der Waals surface area contributed by atoms with E-state index in [0.29, 0.717) is 11.3 Å². The molecule has 3 nitrogen and oxygen atoms in total. The van der Waals surface area contributed by atoms with Crippen molar-refractivity contribution in [3.63, 3.8) is 0 Å². The summed E-state index contributed by atoms with van der Waals surface area (Å²) in [6, 6.07) is 22.6. The van der Waals surface area contributed by atoms with Crippen LogP contribution in [0.5, 0.6) is 5.75 Å². The molecule has 0 bridgehead atoms. The van der Waals surface area contributed by atoms with Gasteiger partial charge in [0.25, 0.3) is 0 Å². The Hall–Kier alpha value is -3.25. The lowest BCUT2D eigenvalue weighted by atomic mass is 10.1. The molecule has 0 saturated carbocycles. The van der Waals surface area contributed by atoms with E-state index in [4.69, 9.17) is 4.74 Å². The fourth-order valence-corrected chi connectivity index (χ4v) is 3.42. The Morgan fingerprint density at radius 2 is 1.50 bits per heavy atom. The lowest BCUT2D eigenvalue weighted by molar-refractivity contribution is 0.413. The van der Waals surface area contributed by atoms with Gasteiger partial charge in [0, 0.05) is 16.8 Å². The number of nitrogens with zero attached hydrogens (tertiary/aromatic N) is 2. The Labute approximate surface area is 140 Å². The van der Waals surface area contributed by atoms with Crippen LogP contribution in [-0.2, 0) is 0 Å². The molecule has 0 aliphatic heterocycles. The number of rotatable bonds is 2. The van der Waals surface area contributed by atoms with Gasteiger partial charge < -0.3 is 9.30 Å². The van der Waals surface area contributed by atoms with Crippen LogP contribution in [0.15, 0.2) is 60.7 Å². The highest BCUT2D eigenvalue weighted by atomic mass is 16.5. The van der Waals surface area contributed by atoms with Crippen LogP contribution in [0, 0.1) is 18.3 Å².